The number of benzene rings is 2. The molecule has 0 radical (unpaired) electrons. The van der Waals surface area contributed by atoms with Gasteiger partial charge in [0.2, 0.25) is 0 Å². The Morgan fingerprint density at radius 3 is 2.41 bits per heavy atom. The highest BCUT2D eigenvalue weighted by Crippen LogP contribution is 2.56. The molecule has 3 aliphatic rings. The van der Waals surface area contributed by atoms with Gasteiger partial charge < -0.3 is 4.90 Å². The second kappa shape index (κ2) is 6.29. The second-order valence-electron chi connectivity index (χ2n) is 8.01. The molecule has 2 aromatic carbocycles. The van der Waals surface area contributed by atoms with Crippen LogP contribution in [0.1, 0.15) is 29.9 Å². The van der Waals surface area contributed by atoms with Crippen molar-refractivity contribution < 1.29 is 9.18 Å². The number of nitriles is 2. The van der Waals surface area contributed by atoms with Crippen LogP contribution in [-0.2, 0) is 4.79 Å². The summed E-state index contributed by atoms with van der Waals surface area (Å²) in [5.41, 5.74) is 1.02. The lowest BCUT2D eigenvalue weighted by Gasteiger charge is -2.35. The first-order valence-electron chi connectivity index (χ1n) is 9.78. The Morgan fingerprint density at radius 2 is 1.76 bits per heavy atom. The molecule has 1 saturated heterocycles. The van der Waals surface area contributed by atoms with E-state index in [-0.39, 0.29) is 17.5 Å². The number of carbonyl (C=O) groups is 1. The zero-order valence-corrected chi connectivity index (χ0v) is 15.6. The molecule has 5 heteroatoms. The molecule has 3 atom stereocenters. The molecule has 0 amide bonds. The third-order valence-electron chi connectivity index (χ3n) is 6.42. The first-order chi connectivity index (χ1) is 14.1. The third-order valence-corrected chi connectivity index (χ3v) is 6.42. The minimum Gasteiger partial charge on any atom is -0.351 e. The zero-order chi connectivity index (χ0) is 20.2. The van der Waals surface area contributed by atoms with Crippen molar-refractivity contribution in [3.63, 3.8) is 0 Å². The summed E-state index contributed by atoms with van der Waals surface area (Å²) in [4.78, 5) is 15.5. The Morgan fingerprint density at radius 1 is 1.07 bits per heavy atom. The van der Waals surface area contributed by atoms with Crippen LogP contribution in [0.4, 0.5) is 10.1 Å². The number of fused-ring (bicyclic) bond motifs is 3. The van der Waals surface area contributed by atoms with Crippen LogP contribution in [0.15, 0.2) is 54.6 Å². The summed E-state index contributed by atoms with van der Waals surface area (Å²) >= 11 is 0. The smallest absolute Gasteiger partial charge is 0.176 e. The quantitative estimate of drug-likeness (QED) is 0.796. The number of carbonyl (C=O) groups excluding carboxylic acids is 1. The minimum atomic E-state index is -1.45. The molecule has 1 aliphatic carbocycles. The SMILES string of the molecule is N#CC1(C#N)[C@@H](c2ccc(F)cc2)[C@H](C(=O)C2CC2)N2c3ccccc3C=C[C@@H]21. The molecular formula is C24H18FN3O. The molecule has 2 fully saturated rings. The first-order valence-corrected chi connectivity index (χ1v) is 9.78. The summed E-state index contributed by atoms with van der Waals surface area (Å²) in [5, 5.41) is 20.5. The number of Topliss-reactive ketones (excluding diaryl/α,β-unsaturated/α-hetero) is 1. The minimum absolute atomic E-state index is 0.0325. The van der Waals surface area contributed by atoms with Crippen molar-refractivity contribution in [1.82, 2.24) is 0 Å². The maximum absolute atomic E-state index is 13.6. The van der Waals surface area contributed by atoms with Crippen LogP contribution in [0.3, 0.4) is 0 Å². The molecule has 0 N–H and O–H groups in total. The van der Waals surface area contributed by atoms with Gasteiger partial charge in [-0.05, 0) is 42.2 Å². The van der Waals surface area contributed by atoms with Gasteiger partial charge in [-0.2, -0.15) is 10.5 Å². The Balaban J connectivity index is 1.76. The van der Waals surface area contributed by atoms with Gasteiger partial charge >= 0.3 is 0 Å². The Kier molecular flexibility index (Phi) is 3.83. The van der Waals surface area contributed by atoms with E-state index in [2.05, 4.69) is 12.1 Å². The van der Waals surface area contributed by atoms with E-state index in [0.29, 0.717) is 5.56 Å². The van der Waals surface area contributed by atoms with Gasteiger partial charge in [0.25, 0.3) is 0 Å². The van der Waals surface area contributed by atoms with Crippen molar-refractivity contribution in [3.8, 4) is 12.1 Å². The molecule has 142 valence electrons. The normalized spacial score (nSPS) is 26.2. The standard InChI is InChI=1S/C24H18FN3O/c25-18-10-7-16(8-11-18)21-22(23(29)17-5-6-17)28-19-4-2-1-3-15(19)9-12-20(28)24(21,13-26)14-27/h1-4,7-12,17,20-22H,5-6H2/t20-,21+,22-/m1/s1. The maximum Gasteiger partial charge on any atom is 0.176 e. The van der Waals surface area contributed by atoms with Crippen molar-refractivity contribution in [3.05, 3.63) is 71.6 Å². The lowest BCUT2D eigenvalue weighted by Crippen LogP contribution is -2.44. The van der Waals surface area contributed by atoms with E-state index in [0.717, 1.165) is 24.1 Å². The highest BCUT2D eigenvalue weighted by Gasteiger charge is 2.64. The summed E-state index contributed by atoms with van der Waals surface area (Å²) in [7, 11) is 0. The van der Waals surface area contributed by atoms with E-state index >= 15 is 0 Å². The van der Waals surface area contributed by atoms with E-state index in [1.807, 2.05) is 41.3 Å². The maximum atomic E-state index is 13.6. The number of hydrogen-bond donors (Lipinski definition) is 0. The Hall–Kier alpha value is -3.44. The van der Waals surface area contributed by atoms with E-state index in [4.69, 9.17) is 0 Å². The summed E-state index contributed by atoms with van der Waals surface area (Å²) < 4.78 is 13.6. The van der Waals surface area contributed by atoms with Crippen molar-refractivity contribution in [1.29, 1.82) is 10.5 Å². The van der Waals surface area contributed by atoms with Gasteiger partial charge in [-0.3, -0.25) is 4.79 Å². The highest BCUT2D eigenvalue weighted by atomic mass is 19.1. The van der Waals surface area contributed by atoms with Crippen LogP contribution in [0.5, 0.6) is 0 Å². The van der Waals surface area contributed by atoms with E-state index in [9.17, 15) is 19.7 Å². The largest absolute Gasteiger partial charge is 0.351 e. The molecule has 4 nitrogen and oxygen atoms in total. The van der Waals surface area contributed by atoms with Crippen LogP contribution < -0.4 is 4.90 Å². The molecule has 0 spiro atoms. The van der Waals surface area contributed by atoms with Crippen LogP contribution in [-0.4, -0.2) is 17.9 Å². The lowest BCUT2D eigenvalue weighted by molar-refractivity contribution is -0.121. The van der Waals surface area contributed by atoms with Crippen LogP contribution in [0.2, 0.25) is 0 Å². The summed E-state index contributed by atoms with van der Waals surface area (Å²) in [6, 6.07) is 16.9. The Labute approximate surface area is 168 Å². The molecule has 2 aliphatic heterocycles. The van der Waals surface area contributed by atoms with Crippen molar-refractivity contribution in [2.45, 2.75) is 30.8 Å². The monoisotopic (exact) mass is 383 g/mol. The fourth-order valence-electron chi connectivity index (χ4n) is 4.91. The Bertz CT molecular complexity index is 1090. The fraction of sp³-hybridized carbons (Fsp3) is 0.292. The molecule has 0 aromatic heterocycles. The number of hydrogen-bond acceptors (Lipinski definition) is 4. The third kappa shape index (κ3) is 2.44. The van der Waals surface area contributed by atoms with Crippen molar-refractivity contribution in [2.24, 2.45) is 11.3 Å². The average molecular weight is 383 g/mol. The number of halogens is 1. The number of ketones is 1. The number of nitrogens with zero attached hydrogens (tertiary/aromatic N) is 3. The van der Waals surface area contributed by atoms with Gasteiger partial charge in [-0.15, -0.1) is 0 Å². The van der Waals surface area contributed by atoms with E-state index in [1.165, 1.54) is 12.1 Å². The van der Waals surface area contributed by atoms with Gasteiger partial charge in [-0.25, -0.2) is 4.39 Å². The predicted octanol–water partition coefficient (Wildman–Crippen LogP) is 4.21. The van der Waals surface area contributed by atoms with E-state index in [1.54, 1.807) is 12.1 Å². The molecular weight excluding hydrogens is 365 g/mol. The van der Waals surface area contributed by atoms with Gasteiger partial charge in [-0.1, -0.05) is 42.5 Å². The second-order valence-corrected chi connectivity index (χ2v) is 8.01. The highest BCUT2D eigenvalue weighted by molar-refractivity contribution is 5.95. The van der Waals surface area contributed by atoms with E-state index < -0.39 is 23.4 Å². The van der Waals surface area contributed by atoms with Crippen LogP contribution >= 0.6 is 0 Å². The van der Waals surface area contributed by atoms with Gasteiger partial charge in [0, 0.05) is 17.5 Å². The van der Waals surface area contributed by atoms with Gasteiger partial charge in [0.05, 0.1) is 24.2 Å². The first kappa shape index (κ1) is 17.6. The molecule has 1 saturated carbocycles. The molecule has 5 rings (SSSR count). The average Bonchev–Trinajstić information content (AvgIpc) is 3.56. The predicted molar refractivity (Wildman–Crippen MR) is 106 cm³/mol. The molecule has 0 unspecified atom stereocenters. The molecule has 2 heterocycles. The molecule has 29 heavy (non-hydrogen) atoms. The fourth-order valence-corrected chi connectivity index (χ4v) is 4.91. The number of anilines is 1. The van der Waals surface area contributed by atoms with Gasteiger partial charge in [0.15, 0.2) is 11.2 Å². The summed E-state index contributed by atoms with van der Waals surface area (Å²) in [6.07, 6.45) is 5.47. The number of para-hydroxylation sites is 1. The number of rotatable bonds is 3. The summed E-state index contributed by atoms with van der Waals surface area (Å²) in [6.45, 7) is 0. The lowest BCUT2D eigenvalue weighted by atomic mass is 9.69. The topological polar surface area (TPSA) is 67.9 Å². The van der Waals surface area contributed by atoms with Crippen molar-refractivity contribution >= 4 is 17.5 Å². The van der Waals surface area contributed by atoms with Crippen LogP contribution in [0, 0.1) is 39.8 Å². The summed E-state index contributed by atoms with van der Waals surface area (Å²) in [5.74, 6) is -1.01. The molecule has 2 aromatic rings. The van der Waals surface area contributed by atoms with Crippen LogP contribution in [0.25, 0.3) is 6.08 Å². The van der Waals surface area contributed by atoms with Gasteiger partial charge in [0.1, 0.15) is 5.82 Å². The molecule has 0 bridgehead atoms. The zero-order valence-electron chi connectivity index (χ0n) is 15.6. The van der Waals surface area contributed by atoms with Crippen molar-refractivity contribution in [2.75, 3.05) is 4.90 Å².